The van der Waals surface area contributed by atoms with Crippen LogP contribution in [0.2, 0.25) is 0 Å². The zero-order valence-electron chi connectivity index (χ0n) is 12.8. The van der Waals surface area contributed by atoms with Crippen LogP contribution in [0.15, 0.2) is 48.5 Å². The Bertz CT molecular complexity index is 787. The molecular formula is C18H19N3O. The van der Waals surface area contributed by atoms with E-state index in [2.05, 4.69) is 42.2 Å². The second-order valence-corrected chi connectivity index (χ2v) is 5.40. The molecule has 3 aromatic rings. The summed E-state index contributed by atoms with van der Waals surface area (Å²) >= 11 is 0. The lowest BCUT2D eigenvalue weighted by molar-refractivity contribution is 0.303. The van der Waals surface area contributed by atoms with E-state index in [9.17, 15) is 0 Å². The van der Waals surface area contributed by atoms with Crippen LogP contribution in [0.25, 0.3) is 22.2 Å². The lowest BCUT2D eigenvalue weighted by Crippen LogP contribution is -2.23. The van der Waals surface area contributed by atoms with E-state index in [4.69, 9.17) is 10.1 Å². The van der Waals surface area contributed by atoms with Crippen LogP contribution < -0.4 is 4.90 Å². The second-order valence-electron chi connectivity index (χ2n) is 5.40. The number of fused-ring (bicyclic) bond motifs is 1. The maximum atomic E-state index is 9.14. The summed E-state index contributed by atoms with van der Waals surface area (Å²) in [6, 6.07) is 16.3. The number of aliphatic hydroxyl groups is 1. The van der Waals surface area contributed by atoms with E-state index in [1.54, 1.807) is 0 Å². The topological polar surface area (TPSA) is 49.2 Å². The van der Waals surface area contributed by atoms with Crippen LogP contribution in [0.3, 0.4) is 0 Å². The average molecular weight is 293 g/mol. The molecule has 4 heteroatoms. The van der Waals surface area contributed by atoms with Crippen molar-refractivity contribution >= 4 is 16.9 Å². The first-order chi connectivity index (χ1) is 10.7. The third-order valence-corrected chi connectivity index (χ3v) is 3.66. The highest BCUT2D eigenvalue weighted by Gasteiger charge is 2.12. The van der Waals surface area contributed by atoms with Crippen LogP contribution in [-0.4, -0.2) is 35.3 Å². The summed E-state index contributed by atoms with van der Waals surface area (Å²) in [5.41, 5.74) is 4.08. The monoisotopic (exact) mass is 293 g/mol. The molecule has 0 aliphatic rings. The Morgan fingerprint density at radius 1 is 1.05 bits per heavy atom. The third-order valence-electron chi connectivity index (χ3n) is 3.66. The van der Waals surface area contributed by atoms with Crippen LogP contribution in [0.1, 0.15) is 5.56 Å². The Balaban J connectivity index is 2.24. The summed E-state index contributed by atoms with van der Waals surface area (Å²) in [5.74, 6) is 0.631. The number of hydrogen-bond donors (Lipinski definition) is 1. The van der Waals surface area contributed by atoms with Gasteiger partial charge in [-0.2, -0.15) is 0 Å². The molecule has 3 rings (SSSR count). The highest BCUT2D eigenvalue weighted by molar-refractivity contribution is 5.93. The second kappa shape index (κ2) is 6.12. The Hall–Kier alpha value is -2.46. The molecule has 0 aliphatic heterocycles. The van der Waals surface area contributed by atoms with Crippen molar-refractivity contribution in [3.8, 4) is 11.3 Å². The van der Waals surface area contributed by atoms with E-state index in [0.29, 0.717) is 12.5 Å². The van der Waals surface area contributed by atoms with Crippen molar-refractivity contribution in [1.29, 1.82) is 0 Å². The van der Waals surface area contributed by atoms with E-state index in [-0.39, 0.29) is 6.61 Å². The zero-order chi connectivity index (χ0) is 15.5. The van der Waals surface area contributed by atoms with Gasteiger partial charge >= 0.3 is 0 Å². The van der Waals surface area contributed by atoms with Crippen molar-refractivity contribution in [1.82, 2.24) is 9.97 Å². The van der Waals surface area contributed by atoms with Gasteiger partial charge in [0, 0.05) is 24.5 Å². The molecule has 0 spiro atoms. The Labute approximate surface area is 130 Å². The smallest absolute Gasteiger partial charge is 0.226 e. The summed E-state index contributed by atoms with van der Waals surface area (Å²) in [6.07, 6.45) is 0. The highest BCUT2D eigenvalue weighted by atomic mass is 16.3. The van der Waals surface area contributed by atoms with Gasteiger partial charge in [-0.15, -0.1) is 0 Å². The lowest BCUT2D eigenvalue weighted by Gasteiger charge is -2.18. The molecule has 22 heavy (non-hydrogen) atoms. The molecule has 0 amide bonds. The first-order valence-corrected chi connectivity index (χ1v) is 7.35. The van der Waals surface area contributed by atoms with E-state index in [1.807, 2.05) is 30.1 Å². The number of anilines is 1. The number of aryl methyl sites for hydroxylation is 1. The average Bonchev–Trinajstić information content (AvgIpc) is 2.54. The Kier molecular flexibility index (Phi) is 4.02. The minimum atomic E-state index is 0.0758. The molecule has 4 nitrogen and oxygen atoms in total. The van der Waals surface area contributed by atoms with Crippen LogP contribution in [0.5, 0.6) is 0 Å². The van der Waals surface area contributed by atoms with Crippen molar-refractivity contribution in [3.63, 3.8) is 0 Å². The molecule has 0 saturated carbocycles. The molecule has 1 N–H and O–H groups in total. The predicted molar refractivity (Wildman–Crippen MR) is 90.1 cm³/mol. The van der Waals surface area contributed by atoms with Gasteiger partial charge in [-0.1, -0.05) is 42.5 Å². The molecule has 0 saturated heterocycles. The van der Waals surface area contributed by atoms with Gasteiger partial charge in [0.15, 0.2) is 0 Å². The zero-order valence-corrected chi connectivity index (χ0v) is 12.8. The number of hydrogen-bond acceptors (Lipinski definition) is 4. The first-order valence-electron chi connectivity index (χ1n) is 7.35. The van der Waals surface area contributed by atoms with Gasteiger partial charge in [-0.25, -0.2) is 9.97 Å². The molecule has 0 radical (unpaired) electrons. The van der Waals surface area contributed by atoms with Gasteiger partial charge in [0.25, 0.3) is 0 Å². The molecule has 1 aromatic heterocycles. The minimum absolute atomic E-state index is 0.0758. The number of likely N-dealkylation sites (N-methyl/N-ethyl adjacent to an activating group) is 1. The van der Waals surface area contributed by atoms with Crippen molar-refractivity contribution in [2.45, 2.75) is 6.92 Å². The summed E-state index contributed by atoms with van der Waals surface area (Å²) in [5, 5.41) is 10.2. The van der Waals surface area contributed by atoms with Crippen LogP contribution in [0, 0.1) is 6.92 Å². The van der Waals surface area contributed by atoms with Crippen molar-refractivity contribution < 1.29 is 5.11 Å². The molecule has 0 fully saturated rings. The van der Waals surface area contributed by atoms with Gasteiger partial charge in [0.1, 0.15) is 0 Å². The van der Waals surface area contributed by atoms with Gasteiger partial charge < -0.3 is 10.0 Å². The van der Waals surface area contributed by atoms with E-state index < -0.39 is 0 Å². The highest BCUT2D eigenvalue weighted by Crippen LogP contribution is 2.28. The summed E-state index contributed by atoms with van der Waals surface area (Å²) in [7, 11) is 1.89. The number of benzene rings is 2. The minimum Gasteiger partial charge on any atom is -0.395 e. The van der Waals surface area contributed by atoms with E-state index in [0.717, 1.165) is 22.2 Å². The summed E-state index contributed by atoms with van der Waals surface area (Å²) < 4.78 is 0. The largest absolute Gasteiger partial charge is 0.395 e. The normalized spacial score (nSPS) is 10.9. The SMILES string of the molecule is Cc1ccc2c(-c3ccccc3)nc(N(C)CCO)nc2c1. The number of nitrogens with zero attached hydrogens (tertiary/aromatic N) is 3. The van der Waals surface area contributed by atoms with Gasteiger partial charge in [-0.05, 0) is 18.6 Å². The fourth-order valence-corrected chi connectivity index (χ4v) is 2.46. The van der Waals surface area contributed by atoms with Gasteiger partial charge in [-0.3, -0.25) is 0 Å². The molecule has 112 valence electrons. The summed E-state index contributed by atoms with van der Waals surface area (Å²) in [6.45, 7) is 2.64. The third kappa shape index (κ3) is 2.78. The quantitative estimate of drug-likeness (QED) is 0.803. The van der Waals surface area contributed by atoms with E-state index >= 15 is 0 Å². The predicted octanol–water partition coefficient (Wildman–Crippen LogP) is 3.03. The molecular weight excluding hydrogens is 274 g/mol. The number of rotatable bonds is 4. The molecule has 0 unspecified atom stereocenters. The first kappa shape index (κ1) is 14.5. The molecule has 0 aliphatic carbocycles. The fraction of sp³-hybridized carbons (Fsp3) is 0.222. The standard InChI is InChI=1S/C18H19N3O/c1-13-8-9-15-16(12-13)19-18(21(2)10-11-22)20-17(15)14-6-4-3-5-7-14/h3-9,12,22H,10-11H2,1-2H3. The van der Waals surface area contributed by atoms with Gasteiger partial charge in [0.2, 0.25) is 5.95 Å². The maximum absolute atomic E-state index is 9.14. The number of aromatic nitrogens is 2. The number of aliphatic hydroxyl groups excluding tert-OH is 1. The molecule has 2 aromatic carbocycles. The Morgan fingerprint density at radius 3 is 2.55 bits per heavy atom. The fourth-order valence-electron chi connectivity index (χ4n) is 2.46. The molecule has 1 heterocycles. The maximum Gasteiger partial charge on any atom is 0.226 e. The molecule has 0 atom stereocenters. The summed E-state index contributed by atoms with van der Waals surface area (Å²) in [4.78, 5) is 11.2. The van der Waals surface area contributed by atoms with E-state index in [1.165, 1.54) is 5.56 Å². The van der Waals surface area contributed by atoms with Crippen molar-refractivity contribution in [3.05, 3.63) is 54.1 Å². The van der Waals surface area contributed by atoms with Crippen LogP contribution in [-0.2, 0) is 0 Å². The van der Waals surface area contributed by atoms with Gasteiger partial charge in [0.05, 0.1) is 17.8 Å². The molecule has 0 bridgehead atoms. The van der Waals surface area contributed by atoms with Crippen LogP contribution >= 0.6 is 0 Å². The van der Waals surface area contributed by atoms with Crippen molar-refractivity contribution in [2.24, 2.45) is 0 Å². The van der Waals surface area contributed by atoms with Crippen LogP contribution in [0.4, 0.5) is 5.95 Å². The Morgan fingerprint density at radius 2 is 1.82 bits per heavy atom. The van der Waals surface area contributed by atoms with Crippen molar-refractivity contribution in [2.75, 3.05) is 25.1 Å². The lowest BCUT2D eigenvalue weighted by atomic mass is 10.1.